The van der Waals surface area contributed by atoms with Crippen molar-refractivity contribution in [1.82, 2.24) is 0 Å². The fraction of sp³-hybridized carbons (Fsp3) is 0.143. The number of rotatable bonds is 7. The average molecular weight is 446 g/mol. The Morgan fingerprint density at radius 2 is 1.52 bits per heavy atom. The molecule has 0 aliphatic carbocycles. The van der Waals surface area contributed by atoms with Gasteiger partial charge in [-0.3, -0.25) is 4.31 Å². The molecule has 0 fully saturated rings. The Hall–Kier alpha value is -2.31. The van der Waals surface area contributed by atoms with Gasteiger partial charge in [0.2, 0.25) is 0 Å². The van der Waals surface area contributed by atoms with Crippen LogP contribution in [0.4, 0.5) is 5.69 Å². The molecule has 6 heteroatoms. The second-order valence-corrected chi connectivity index (χ2v) is 8.63. The summed E-state index contributed by atoms with van der Waals surface area (Å²) in [7, 11) is -3.76. The lowest BCUT2D eigenvalue weighted by Crippen LogP contribution is -2.31. The highest BCUT2D eigenvalue weighted by atomic mass is 79.9. The second-order valence-electron chi connectivity index (χ2n) is 5.85. The molecule has 0 aliphatic heterocycles. The van der Waals surface area contributed by atoms with Gasteiger partial charge < -0.3 is 4.74 Å². The van der Waals surface area contributed by atoms with Crippen molar-refractivity contribution in [1.29, 1.82) is 0 Å². The molecule has 0 spiro atoms. The molecule has 27 heavy (non-hydrogen) atoms. The maximum absolute atomic E-state index is 13.4. The van der Waals surface area contributed by atoms with Crippen LogP contribution in [-0.4, -0.2) is 15.0 Å². The Morgan fingerprint density at radius 1 is 0.889 bits per heavy atom. The third kappa shape index (κ3) is 4.51. The van der Waals surface area contributed by atoms with Crippen LogP contribution in [0.1, 0.15) is 12.5 Å². The summed E-state index contributed by atoms with van der Waals surface area (Å²) in [4.78, 5) is 0.244. The van der Waals surface area contributed by atoms with Crippen molar-refractivity contribution in [2.45, 2.75) is 18.4 Å². The first-order valence-corrected chi connectivity index (χ1v) is 10.8. The molecule has 0 unspecified atom stereocenters. The van der Waals surface area contributed by atoms with Crippen LogP contribution in [0.5, 0.6) is 5.75 Å². The van der Waals surface area contributed by atoms with Crippen LogP contribution >= 0.6 is 15.9 Å². The van der Waals surface area contributed by atoms with Crippen LogP contribution in [0.15, 0.2) is 88.2 Å². The quantitative estimate of drug-likeness (QED) is 0.499. The zero-order valence-electron chi connectivity index (χ0n) is 14.9. The number of anilines is 1. The number of benzene rings is 3. The number of halogens is 1. The first-order valence-electron chi connectivity index (χ1n) is 8.56. The zero-order chi connectivity index (χ0) is 19.3. The molecule has 0 amide bonds. The zero-order valence-corrected chi connectivity index (χ0v) is 17.3. The van der Waals surface area contributed by atoms with Crippen LogP contribution < -0.4 is 9.04 Å². The summed E-state index contributed by atoms with van der Waals surface area (Å²) in [5.41, 5.74) is 1.40. The summed E-state index contributed by atoms with van der Waals surface area (Å²) in [5.74, 6) is 0.539. The summed E-state index contributed by atoms with van der Waals surface area (Å²) < 4.78 is 34.9. The van der Waals surface area contributed by atoms with E-state index in [0.717, 1.165) is 10.0 Å². The Balaban J connectivity index is 2.11. The average Bonchev–Trinajstić information content (AvgIpc) is 2.69. The van der Waals surface area contributed by atoms with Crippen LogP contribution in [0.3, 0.4) is 0 Å². The minimum Gasteiger partial charge on any atom is -0.492 e. The van der Waals surface area contributed by atoms with Crippen molar-refractivity contribution in [2.24, 2.45) is 0 Å². The standard InChI is InChI=1S/C21H20BrNO3S/c1-2-26-21-11-7-6-10-20(21)23(16-17-12-14-18(22)15-13-17)27(24,25)19-8-4-3-5-9-19/h3-15H,2,16H2,1H3. The summed E-state index contributed by atoms with van der Waals surface area (Å²) in [6, 6.07) is 23.3. The minimum absolute atomic E-state index is 0.203. The lowest BCUT2D eigenvalue weighted by atomic mass is 10.2. The largest absolute Gasteiger partial charge is 0.492 e. The molecule has 0 bridgehead atoms. The highest BCUT2D eigenvalue weighted by Crippen LogP contribution is 2.34. The summed E-state index contributed by atoms with van der Waals surface area (Å²) in [5, 5.41) is 0. The van der Waals surface area contributed by atoms with Gasteiger partial charge in [-0.25, -0.2) is 8.42 Å². The van der Waals surface area contributed by atoms with Crippen molar-refractivity contribution >= 4 is 31.6 Å². The fourth-order valence-electron chi connectivity index (χ4n) is 2.72. The maximum atomic E-state index is 13.4. The van der Waals surface area contributed by atoms with Gasteiger partial charge in [-0.15, -0.1) is 0 Å². The Kier molecular flexibility index (Phi) is 6.19. The molecule has 4 nitrogen and oxygen atoms in total. The van der Waals surface area contributed by atoms with Gasteiger partial charge in [0.25, 0.3) is 10.0 Å². The second kappa shape index (κ2) is 8.59. The predicted octanol–water partition coefficient (Wildman–Crippen LogP) is 5.24. The van der Waals surface area contributed by atoms with Gasteiger partial charge >= 0.3 is 0 Å². The van der Waals surface area contributed by atoms with E-state index in [9.17, 15) is 8.42 Å². The number of para-hydroxylation sites is 2. The SMILES string of the molecule is CCOc1ccccc1N(Cc1ccc(Br)cc1)S(=O)(=O)c1ccccc1. The van der Waals surface area contributed by atoms with Crippen LogP contribution in [0.25, 0.3) is 0 Å². The molecule has 0 aromatic heterocycles. The number of nitrogens with zero attached hydrogens (tertiary/aromatic N) is 1. The number of hydrogen-bond donors (Lipinski definition) is 0. The molecule has 3 aromatic carbocycles. The smallest absolute Gasteiger partial charge is 0.264 e. The maximum Gasteiger partial charge on any atom is 0.264 e. The van der Waals surface area contributed by atoms with Crippen molar-refractivity contribution < 1.29 is 13.2 Å². The van der Waals surface area contributed by atoms with Crippen LogP contribution in [-0.2, 0) is 16.6 Å². The first-order chi connectivity index (χ1) is 13.0. The van der Waals surface area contributed by atoms with E-state index in [1.165, 1.54) is 4.31 Å². The summed E-state index contributed by atoms with van der Waals surface area (Å²) in [6.45, 7) is 2.53. The van der Waals surface area contributed by atoms with Gasteiger partial charge in [0, 0.05) is 4.47 Å². The fourth-order valence-corrected chi connectivity index (χ4v) is 4.46. The van der Waals surface area contributed by atoms with E-state index < -0.39 is 10.0 Å². The van der Waals surface area contributed by atoms with Gasteiger partial charge in [0.05, 0.1) is 23.7 Å². The predicted molar refractivity (Wildman–Crippen MR) is 112 cm³/mol. The van der Waals surface area contributed by atoms with Gasteiger partial charge in [0.1, 0.15) is 5.75 Å². The van der Waals surface area contributed by atoms with Crippen molar-refractivity contribution in [3.05, 3.63) is 88.9 Å². The van der Waals surface area contributed by atoms with Crippen molar-refractivity contribution in [2.75, 3.05) is 10.9 Å². The molecule has 3 rings (SSSR count). The molecule has 0 saturated heterocycles. The number of hydrogen-bond acceptors (Lipinski definition) is 3. The van der Waals surface area contributed by atoms with Gasteiger partial charge in [0.15, 0.2) is 0 Å². The summed E-state index contributed by atoms with van der Waals surface area (Å²) >= 11 is 3.41. The summed E-state index contributed by atoms with van der Waals surface area (Å²) in [6.07, 6.45) is 0. The van der Waals surface area contributed by atoms with Crippen molar-refractivity contribution in [3.63, 3.8) is 0 Å². The molecule has 140 valence electrons. The lowest BCUT2D eigenvalue weighted by molar-refractivity contribution is 0.341. The highest BCUT2D eigenvalue weighted by Gasteiger charge is 2.27. The van der Waals surface area contributed by atoms with E-state index in [1.807, 2.05) is 43.3 Å². The third-order valence-corrected chi connectivity index (χ3v) is 6.31. The molecule has 0 aliphatic rings. The molecule has 0 saturated carbocycles. The van der Waals surface area contributed by atoms with E-state index in [2.05, 4.69) is 15.9 Å². The monoisotopic (exact) mass is 445 g/mol. The van der Waals surface area contributed by atoms with Crippen molar-refractivity contribution in [3.8, 4) is 5.75 Å². The van der Waals surface area contributed by atoms with Crippen LogP contribution in [0, 0.1) is 0 Å². The Morgan fingerprint density at radius 3 is 2.19 bits per heavy atom. The van der Waals surface area contributed by atoms with Gasteiger partial charge in [-0.2, -0.15) is 0 Å². The number of sulfonamides is 1. The third-order valence-electron chi connectivity index (χ3n) is 4.00. The van der Waals surface area contributed by atoms with Gasteiger partial charge in [-0.05, 0) is 48.9 Å². The van der Waals surface area contributed by atoms with E-state index in [1.54, 1.807) is 42.5 Å². The highest BCUT2D eigenvalue weighted by molar-refractivity contribution is 9.10. The van der Waals surface area contributed by atoms with E-state index in [0.29, 0.717) is 18.0 Å². The Bertz CT molecular complexity index is 989. The van der Waals surface area contributed by atoms with Crippen LogP contribution in [0.2, 0.25) is 0 Å². The normalized spacial score (nSPS) is 11.2. The lowest BCUT2D eigenvalue weighted by Gasteiger charge is -2.26. The molecule has 0 N–H and O–H groups in total. The number of ether oxygens (including phenoxy) is 1. The Labute approximate surface area is 168 Å². The molecule has 0 radical (unpaired) electrons. The van der Waals surface area contributed by atoms with Gasteiger partial charge in [-0.1, -0.05) is 58.4 Å². The molecular formula is C21H20BrNO3S. The first kappa shape index (κ1) is 19.5. The van der Waals surface area contributed by atoms with E-state index in [-0.39, 0.29) is 11.4 Å². The van der Waals surface area contributed by atoms with E-state index in [4.69, 9.17) is 4.74 Å². The van der Waals surface area contributed by atoms with E-state index >= 15 is 0 Å². The minimum atomic E-state index is -3.76. The molecule has 3 aromatic rings. The molecule has 0 atom stereocenters. The topological polar surface area (TPSA) is 46.6 Å². The molecular weight excluding hydrogens is 426 g/mol. The molecule has 0 heterocycles.